The summed E-state index contributed by atoms with van der Waals surface area (Å²) in [5, 5.41) is 62.7. The maximum Gasteiger partial charge on any atom is 0.326 e. The van der Waals surface area contributed by atoms with Gasteiger partial charge >= 0.3 is 11.9 Å². The van der Waals surface area contributed by atoms with Crippen molar-refractivity contribution in [2.24, 2.45) is 33.8 Å². The predicted molar refractivity (Wildman–Crippen MR) is 222 cm³/mol. The van der Waals surface area contributed by atoms with Crippen molar-refractivity contribution < 1.29 is 73.5 Å². The lowest BCUT2D eigenvalue weighted by atomic mass is 10.0. The van der Waals surface area contributed by atoms with Crippen molar-refractivity contribution in [3.63, 3.8) is 0 Å². The third-order valence-corrected chi connectivity index (χ3v) is 9.73. The molecule has 0 radical (unpaired) electrons. The molecule has 19 N–H and O–H groups in total. The van der Waals surface area contributed by atoms with E-state index in [1.165, 1.54) is 4.90 Å². The molecule has 0 spiro atoms. The van der Waals surface area contributed by atoms with Gasteiger partial charge in [0.25, 0.3) is 0 Å². The lowest BCUT2D eigenvalue weighted by Gasteiger charge is -2.30. The van der Waals surface area contributed by atoms with Gasteiger partial charge in [-0.3, -0.25) is 48.1 Å². The summed E-state index contributed by atoms with van der Waals surface area (Å²) in [6.07, 6.45) is -2.46. The summed E-state index contributed by atoms with van der Waals surface area (Å²) in [6, 6.07) is -12.2. The first-order valence-corrected chi connectivity index (χ1v) is 20.5. The fourth-order valence-electron chi connectivity index (χ4n) is 6.33. The number of aliphatic imine (C=N–C) groups is 1. The zero-order chi connectivity index (χ0) is 48.8. The molecule has 362 valence electrons. The molecule has 0 aromatic heterocycles. The number of aliphatic hydroxyl groups is 3. The minimum atomic E-state index is -1.89. The summed E-state index contributed by atoms with van der Waals surface area (Å²) in [6.45, 7) is 2.52. The molecule has 27 nitrogen and oxygen atoms in total. The first kappa shape index (κ1) is 55.8. The fraction of sp³-hybridized carbons (Fsp3) is 0.703. The molecule has 0 bridgehead atoms. The number of aliphatic hydroxyl groups excluding tert-OH is 3. The van der Waals surface area contributed by atoms with Crippen LogP contribution in [0.15, 0.2) is 4.99 Å². The number of aliphatic carboxylic acids is 2. The van der Waals surface area contributed by atoms with Crippen LogP contribution < -0.4 is 54.8 Å². The second-order valence-electron chi connectivity index (χ2n) is 15.5. The molecule has 0 unspecified atom stereocenters. The lowest BCUT2D eigenvalue weighted by Crippen LogP contribution is -2.62. The normalized spacial score (nSPS) is 17.2. The summed E-state index contributed by atoms with van der Waals surface area (Å²) >= 11 is 0. The van der Waals surface area contributed by atoms with E-state index in [1.54, 1.807) is 13.8 Å². The molecule has 27 heteroatoms. The first-order chi connectivity index (χ1) is 29.9. The Bertz CT molecular complexity index is 1690. The molecule has 0 aromatic rings. The van der Waals surface area contributed by atoms with Gasteiger partial charge in [-0.05, 0) is 57.8 Å². The van der Waals surface area contributed by atoms with Gasteiger partial charge in [0.2, 0.25) is 47.3 Å². The number of carbonyl (C=O) groups is 10. The van der Waals surface area contributed by atoms with Gasteiger partial charge in [-0.25, -0.2) is 4.79 Å². The van der Waals surface area contributed by atoms with Crippen molar-refractivity contribution in [1.29, 1.82) is 0 Å². The number of guanidine groups is 1. The van der Waals surface area contributed by atoms with Gasteiger partial charge in [-0.2, -0.15) is 0 Å². The van der Waals surface area contributed by atoms with E-state index in [4.69, 9.17) is 22.9 Å². The van der Waals surface area contributed by atoms with Gasteiger partial charge in [0.1, 0.15) is 42.3 Å². The number of nitrogens with one attached hydrogen (secondary N) is 6. The zero-order valence-corrected chi connectivity index (χ0v) is 36.0. The number of carboxylic acid groups (broad SMARTS) is 2. The van der Waals surface area contributed by atoms with Crippen LogP contribution in [0, 0.1) is 5.92 Å². The zero-order valence-electron chi connectivity index (χ0n) is 36.0. The van der Waals surface area contributed by atoms with E-state index < -0.39 is 140 Å². The third-order valence-electron chi connectivity index (χ3n) is 9.73. The predicted octanol–water partition coefficient (Wildman–Crippen LogP) is -7.11. The molecule has 1 saturated heterocycles. The molecular weight excluding hydrogens is 852 g/mol. The maximum atomic E-state index is 13.6. The first-order valence-electron chi connectivity index (χ1n) is 20.5. The van der Waals surface area contributed by atoms with Gasteiger partial charge < -0.3 is 85.3 Å². The Morgan fingerprint density at radius 2 is 1.22 bits per heavy atom. The number of hydrogen-bond acceptors (Lipinski definition) is 15. The molecule has 0 saturated carbocycles. The van der Waals surface area contributed by atoms with E-state index in [1.807, 2.05) is 0 Å². The molecule has 8 amide bonds. The Morgan fingerprint density at radius 3 is 1.72 bits per heavy atom. The second kappa shape index (κ2) is 27.8. The number of carboxylic acids is 2. The van der Waals surface area contributed by atoms with Crippen molar-refractivity contribution in [2.75, 3.05) is 26.3 Å². The summed E-state index contributed by atoms with van der Waals surface area (Å²) in [4.78, 5) is 132. The topological polar surface area (TPSA) is 464 Å². The lowest BCUT2D eigenvalue weighted by molar-refractivity contribution is -0.143. The van der Waals surface area contributed by atoms with Crippen LogP contribution in [0.4, 0.5) is 0 Å². The Kier molecular flexibility index (Phi) is 24.2. The van der Waals surface area contributed by atoms with Gasteiger partial charge in [0, 0.05) is 25.9 Å². The quantitative estimate of drug-likeness (QED) is 0.0188. The third kappa shape index (κ3) is 19.5. The molecule has 64 heavy (non-hydrogen) atoms. The molecule has 1 heterocycles. The molecule has 1 aliphatic heterocycles. The van der Waals surface area contributed by atoms with Crippen LogP contribution >= 0.6 is 0 Å². The summed E-state index contributed by atoms with van der Waals surface area (Å²) in [5.74, 6) is -11.1. The molecule has 0 aromatic carbocycles. The highest BCUT2D eigenvalue weighted by Gasteiger charge is 2.39. The second-order valence-corrected chi connectivity index (χ2v) is 15.5. The van der Waals surface area contributed by atoms with Crippen LogP contribution in [0.3, 0.4) is 0 Å². The van der Waals surface area contributed by atoms with Crippen LogP contribution in [0.1, 0.15) is 78.6 Å². The number of amides is 8. The highest BCUT2D eigenvalue weighted by molar-refractivity contribution is 5.98. The van der Waals surface area contributed by atoms with Gasteiger partial charge in [-0.15, -0.1) is 0 Å². The average Bonchev–Trinajstić information content (AvgIpc) is 3.71. The van der Waals surface area contributed by atoms with Crippen LogP contribution in [-0.2, 0) is 47.9 Å². The number of likely N-dealkylation sites (tertiary alicyclic amines) is 1. The number of carbonyl (C=O) groups excluding carboxylic acids is 8. The van der Waals surface area contributed by atoms with E-state index in [0.717, 1.165) is 6.92 Å². The van der Waals surface area contributed by atoms with E-state index >= 15 is 0 Å². The highest BCUT2D eigenvalue weighted by atomic mass is 16.4. The molecular formula is C37H64N12O15. The van der Waals surface area contributed by atoms with Crippen molar-refractivity contribution in [1.82, 2.24) is 36.8 Å². The Morgan fingerprint density at radius 1 is 0.688 bits per heavy atom. The van der Waals surface area contributed by atoms with E-state index in [-0.39, 0.29) is 63.5 Å². The minimum Gasteiger partial charge on any atom is -0.481 e. The number of primary amides is 1. The van der Waals surface area contributed by atoms with Crippen molar-refractivity contribution >= 4 is 65.2 Å². The monoisotopic (exact) mass is 916 g/mol. The standard InChI is InChI=1S/C37H64N12O15/c1-17(2)14-22(45-33(60)25-7-5-13-49(25)35(62)19(38)8-10-26(39)53)30(57)48-28(18(3)52)34(61)47-24(16-51)32(59)46-23(15-50)31(58)43-20(9-11-27(54)55)29(56)44-21(36(63)64)6-4-12-42-37(40)41/h17-25,28,50-52H,4-16,38H2,1-3H3,(H2,39,53)(H,43,58)(H,44,56)(H,45,60)(H,46,59)(H,47,61)(H,48,57)(H,54,55)(H,63,64)(H4,40,41,42)/t18-,19+,20+,21+,22+,23+,24+,25+,28+/m1/s1. The van der Waals surface area contributed by atoms with Crippen LogP contribution in [0.2, 0.25) is 0 Å². The number of rotatable bonds is 29. The van der Waals surface area contributed by atoms with Gasteiger partial charge in [-0.1, -0.05) is 13.8 Å². The smallest absolute Gasteiger partial charge is 0.326 e. The molecule has 9 atom stereocenters. The maximum absolute atomic E-state index is 13.6. The number of hydrogen-bond donors (Lipinski definition) is 15. The van der Waals surface area contributed by atoms with Crippen LogP contribution in [0.25, 0.3) is 0 Å². The van der Waals surface area contributed by atoms with Crippen molar-refractivity contribution in [3.8, 4) is 0 Å². The number of nitrogens with two attached hydrogens (primary N) is 4. The minimum absolute atomic E-state index is 0.0199. The summed E-state index contributed by atoms with van der Waals surface area (Å²) in [7, 11) is 0. The molecule has 1 fully saturated rings. The van der Waals surface area contributed by atoms with E-state index in [2.05, 4.69) is 36.9 Å². The van der Waals surface area contributed by atoms with Crippen molar-refractivity contribution in [3.05, 3.63) is 0 Å². The molecule has 0 aliphatic carbocycles. The number of nitrogens with zero attached hydrogens (tertiary/aromatic N) is 2. The van der Waals surface area contributed by atoms with Crippen LogP contribution in [-0.4, -0.2) is 176 Å². The summed E-state index contributed by atoms with van der Waals surface area (Å²) < 4.78 is 0. The summed E-state index contributed by atoms with van der Waals surface area (Å²) in [5.41, 5.74) is 21.6. The Balaban J connectivity index is 3.11. The largest absolute Gasteiger partial charge is 0.481 e. The van der Waals surface area contributed by atoms with Gasteiger partial charge in [0.05, 0.1) is 25.4 Å². The van der Waals surface area contributed by atoms with Gasteiger partial charge in [0.15, 0.2) is 5.96 Å². The SMILES string of the molecule is CC(C)C[C@H](NC(=O)[C@@H]1CCCN1C(=O)[C@@H](N)CCC(N)=O)C(=O)N[C@H](C(=O)N[C@@H](CO)C(=O)N[C@@H](CO)C(=O)N[C@@H](CCC(=O)O)C(=O)N[C@@H](CCCN=C(N)N)C(=O)O)[C@@H](C)O. The Labute approximate surface area is 368 Å². The Hall–Kier alpha value is -6.19. The average molecular weight is 917 g/mol. The molecule has 1 rings (SSSR count). The molecule has 1 aliphatic rings. The highest BCUT2D eigenvalue weighted by Crippen LogP contribution is 2.20. The van der Waals surface area contributed by atoms with E-state index in [0.29, 0.717) is 6.42 Å². The van der Waals surface area contributed by atoms with Crippen LogP contribution in [0.5, 0.6) is 0 Å². The van der Waals surface area contributed by atoms with E-state index in [9.17, 15) is 73.5 Å². The fourth-order valence-corrected chi connectivity index (χ4v) is 6.33. The van der Waals surface area contributed by atoms with Crippen molar-refractivity contribution in [2.45, 2.75) is 133 Å².